The van der Waals surface area contributed by atoms with Gasteiger partial charge in [-0.2, -0.15) is 4.31 Å². The number of carboxylic acid groups (broad SMARTS) is 1. The van der Waals surface area contributed by atoms with Gasteiger partial charge >= 0.3 is 5.97 Å². The molecule has 6 nitrogen and oxygen atoms in total. The molecular weight excluding hydrogens is 290 g/mol. The number of hydrogen-bond donors (Lipinski definition) is 1. The van der Waals surface area contributed by atoms with Gasteiger partial charge in [0.15, 0.2) is 0 Å². The fourth-order valence-electron chi connectivity index (χ4n) is 2.16. The van der Waals surface area contributed by atoms with Crippen molar-refractivity contribution in [1.82, 2.24) is 4.31 Å². The normalized spacial score (nSPS) is 24.7. The summed E-state index contributed by atoms with van der Waals surface area (Å²) in [7, 11) is -2.32. The maximum atomic E-state index is 12.5. The highest BCUT2D eigenvalue weighted by Gasteiger charge is 2.45. The van der Waals surface area contributed by atoms with E-state index in [1.807, 2.05) is 0 Å². The van der Waals surface area contributed by atoms with Gasteiger partial charge in [-0.05, 0) is 23.9 Å². The van der Waals surface area contributed by atoms with Gasteiger partial charge in [0.1, 0.15) is 10.3 Å². The number of sulfonamides is 1. The lowest BCUT2D eigenvalue weighted by Gasteiger charge is -2.20. The fraction of sp³-hybridized carbons (Fsp3) is 0.545. The van der Waals surface area contributed by atoms with Crippen LogP contribution in [0.15, 0.2) is 15.7 Å². The van der Waals surface area contributed by atoms with E-state index in [2.05, 4.69) is 0 Å². The molecular formula is C11H15NO5S2. The number of thiophene rings is 1. The molecule has 19 heavy (non-hydrogen) atoms. The number of nitrogens with zero attached hydrogens (tertiary/aromatic N) is 1. The van der Waals surface area contributed by atoms with E-state index in [0.717, 1.165) is 15.6 Å². The van der Waals surface area contributed by atoms with Crippen molar-refractivity contribution >= 4 is 27.3 Å². The molecule has 1 N–H and O–H groups in total. The minimum Gasteiger partial charge on any atom is -0.480 e. The van der Waals surface area contributed by atoms with Crippen LogP contribution in [0.2, 0.25) is 0 Å². The smallest absolute Gasteiger partial charge is 0.322 e. The zero-order valence-corrected chi connectivity index (χ0v) is 12.2. The average Bonchev–Trinajstić information content (AvgIpc) is 2.94. The standard InChI is InChI=1S/C11H15NO5S2/c1-7-3-4-18-11(7)19(15,16)12-6-8(17-2)5-9(12)10(13)14/h3-4,8-9H,5-6H2,1-2H3,(H,13,14)/t8-,9-/m0/s1. The molecule has 0 aromatic carbocycles. The van der Waals surface area contributed by atoms with E-state index in [9.17, 15) is 13.2 Å². The van der Waals surface area contributed by atoms with Crippen LogP contribution >= 0.6 is 11.3 Å². The second kappa shape index (κ2) is 5.20. The van der Waals surface area contributed by atoms with Gasteiger partial charge < -0.3 is 9.84 Å². The fourth-order valence-corrected chi connectivity index (χ4v) is 5.31. The van der Waals surface area contributed by atoms with Crippen LogP contribution in [-0.2, 0) is 19.6 Å². The van der Waals surface area contributed by atoms with Crippen molar-refractivity contribution in [2.45, 2.75) is 29.7 Å². The third-order valence-electron chi connectivity index (χ3n) is 3.19. The largest absolute Gasteiger partial charge is 0.480 e. The van der Waals surface area contributed by atoms with Crippen molar-refractivity contribution < 1.29 is 23.1 Å². The van der Waals surface area contributed by atoms with Crippen LogP contribution in [0.5, 0.6) is 0 Å². The van der Waals surface area contributed by atoms with Crippen LogP contribution < -0.4 is 0 Å². The predicted octanol–water partition coefficient (Wildman–Crippen LogP) is 0.919. The van der Waals surface area contributed by atoms with Crippen LogP contribution in [0.3, 0.4) is 0 Å². The van der Waals surface area contributed by atoms with Gasteiger partial charge in [0.2, 0.25) is 0 Å². The average molecular weight is 305 g/mol. The summed E-state index contributed by atoms with van der Waals surface area (Å²) in [5, 5.41) is 10.9. The Kier molecular flexibility index (Phi) is 3.95. The lowest BCUT2D eigenvalue weighted by atomic mass is 10.2. The molecule has 106 valence electrons. The minimum atomic E-state index is -3.77. The van der Waals surface area contributed by atoms with E-state index in [1.165, 1.54) is 7.11 Å². The van der Waals surface area contributed by atoms with Gasteiger partial charge in [0.05, 0.1) is 6.10 Å². The molecule has 1 aromatic heterocycles. The summed E-state index contributed by atoms with van der Waals surface area (Å²) in [5.41, 5.74) is 0.634. The first kappa shape index (κ1) is 14.4. The van der Waals surface area contributed by atoms with Gasteiger partial charge in [-0.15, -0.1) is 11.3 Å². The summed E-state index contributed by atoms with van der Waals surface area (Å²) in [4.78, 5) is 11.2. The van der Waals surface area contributed by atoms with Crippen LogP contribution in [0, 0.1) is 6.92 Å². The second-order valence-corrected chi connectivity index (χ2v) is 7.42. The topological polar surface area (TPSA) is 83.9 Å². The maximum Gasteiger partial charge on any atom is 0.322 e. The first-order chi connectivity index (χ1) is 8.87. The van der Waals surface area contributed by atoms with Crippen molar-refractivity contribution in [1.29, 1.82) is 0 Å². The molecule has 1 aliphatic rings. The molecule has 0 bridgehead atoms. The summed E-state index contributed by atoms with van der Waals surface area (Å²) in [6.07, 6.45) is -0.202. The molecule has 8 heteroatoms. The molecule has 2 heterocycles. The number of aryl methyl sites for hydroxylation is 1. The van der Waals surface area contributed by atoms with Gasteiger partial charge in [0, 0.05) is 20.1 Å². The number of carbonyl (C=O) groups is 1. The summed E-state index contributed by atoms with van der Waals surface area (Å²) in [6, 6.07) is 0.647. The summed E-state index contributed by atoms with van der Waals surface area (Å²) in [6.45, 7) is 1.77. The number of rotatable bonds is 4. The number of aliphatic carboxylic acids is 1. The molecule has 0 radical (unpaired) electrons. The lowest BCUT2D eigenvalue weighted by molar-refractivity contribution is -0.140. The van der Waals surface area contributed by atoms with Crippen LogP contribution in [0.25, 0.3) is 0 Å². The van der Waals surface area contributed by atoms with Crippen LogP contribution in [0.1, 0.15) is 12.0 Å². The molecule has 0 unspecified atom stereocenters. The van der Waals surface area contributed by atoms with E-state index >= 15 is 0 Å². The Balaban J connectivity index is 2.39. The Morgan fingerprint density at radius 3 is 2.74 bits per heavy atom. The molecule has 0 saturated carbocycles. The zero-order valence-electron chi connectivity index (χ0n) is 10.6. The van der Waals surface area contributed by atoms with E-state index in [4.69, 9.17) is 9.84 Å². The highest BCUT2D eigenvalue weighted by Crippen LogP contribution is 2.31. The molecule has 1 fully saturated rings. The Hall–Kier alpha value is -0.960. The molecule has 1 aromatic rings. The Bertz CT molecular complexity index is 580. The van der Waals surface area contributed by atoms with Crippen LogP contribution in [-0.4, -0.2) is 49.6 Å². The highest BCUT2D eigenvalue weighted by molar-refractivity contribution is 7.91. The van der Waals surface area contributed by atoms with E-state index in [-0.39, 0.29) is 23.3 Å². The van der Waals surface area contributed by atoms with Gasteiger partial charge in [0.25, 0.3) is 10.0 Å². The Morgan fingerprint density at radius 2 is 2.26 bits per heavy atom. The minimum absolute atomic E-state index is 0.0765. The Labute approximate surface area is 115 Å². The monoisotopic (exact) mass is 305 g/mol. The summed E-state index contributed by atoms with van der Waals surface area (Å²) >= 11 is 1.10. The predicted molar refractivity (Wildman–Crippen MR) is 69.8 cm³/mol. The van der Waals surface area contributed by atoms with Crippen molar-refractivity contribution in [3.63, 3.8) is 0 Å². The van der Waals surface area contributed by atoms with Gasteiger partial charge in [-0.25, -0.2) is 8.42 Å². The number of methoxy groups -OCH3 is 1. The molecule has 0 aliphatic carbocycles. The SMILES string of the molecule is CO[C@H]1C[C@@H](C(=O)O)N(S(=O)(=O)c2sccc2C)C1. The quantitative estimate of drug-likeness (QED) is 0.894. The van der Waals surface area contributed by atoms with Crippen molar-refractivity contribution in [3.05, 3.63) is 17.0 Å². The van der Waals surface area contributed by atoms with Crippen LogP contribution in [0.4, 0.5) is 0 Å². The van der Waals surface area contributed by atoms with E-state index < -0.39 is 22.0 Å². The number of ether oxygens (including phenoxy) is 1. The first-order valence-corrected chi connectivity index (χ1v) is 8.01. The summed E-state index contributed by atoms with van der Waals surface area (Å²) < 4.78 is 31.4. The van der Waals surface area contributed by atoms with Gasteiger partial charge in [-0.3, -0.25) is 4.79 Å². The third-order valence-corrected chi connectivity index (χ3v) is 6.73. The first-order valence-electron chi connectivity index (χ1n) is 5.69. The molecule has 0 spiro atoms. The second-order valence-electron chi connectivity index (χ2n) is 4.41. The number of carboxylic acids is 1. The molecule has 2 rings (SSSR count). The molecule has 1 saturated heterocycles. The lowest BCUT2D eigenvalue weighted by Crippen LogP contribution is -2.40. The molecule has 1 aliphatic heterocycles. The number of hydrogen-bond acceptors (Lipinski definition) is 5. The third kappa shape index (κ3) is 2.53. The van der Waals surface area contributed by atoms with Crippen molar-refractivity contribution in [3.8, 4) is 0 Å². The maximum absolute atomic E-state index is 12.5. The molecule has 0 amide bonds. The molecule has 2 atom stereocenters. The highest BCUT2D eigenvalue weighted by atomic mass is 32.2. The van der Waals surface area contributed by atoms with Crippen molar-refractivity contribution in [2.24, 2.45) is 0 Å². The van der Waals surface area contributed by atoms with E-state index in [1.54, 1.807) is 18.4 Å². The zero-order chi connectivity index (χ0) is 14.2. The van der Waals surface area contributed by atoms with Crippen molar-refractivity contribution in [2.75, 3.05) is 13.7 Å². The summed E-state index contributed by atoms with van der Waals surface area (Å²) in [5.74, 6) is -1.14. The Morgan fingerprint density at radius 1 is 1.58 bits per heavy atom. The van der Waals surface area contributed by atoms with Gasteiger partial charge in [-0.1, -0.05) is 0 Å². The van der Waals surface area contributed by atoms with E-state index in [0.29, 0.717) is 5.56 Å².